The highest BCUT2D eigenvalue weighted by atomic mass is 16.6. The molecule has 0 aromatic heterocycles. The molecule has 0 fully saturated rings. The van der Waals surface area contributed by atoms with Crippen molar-refractivity contribution in [3.8, 4) is 0 Å². The first-order chi connectivity index (χ1) is 11.0. The van der Waals surface area contributed by atoms with Crippen LogP contribution in [0.3, 0.4) is 0 Å². The van der Waals surface area contributed by atoms with Crippen molar-refractivity contribution in [2.75, 3.05) is 0 Å². The number of benzene rings is 1. The second kappa shape index (κ2) is 8.55. The van der Waals surface area contributed by atoms with E-state index in [2.05, 4.69) is 24.1 Å². The number of hydrogen-bond donors (Lipinski definition) is 1. The molecule has 4 nitrogen and oxygen atoms in total. The van der Waals surface area contributed by atoms with Gasteiger partial charge in [0.25, 0.3) is 0 Å². The summed E-state index contributed by atoms with van der Waals surface area (Å²) in [5.74, 6) is 0.590. The van der Waals surface area contributed by atoms with Gasteiger partial charge in [0.2, 0.25) is 0 Å². The van der Waals surface area contributed by atoms with Gasteiger partial charge < -0.3 is 0 Å². The normalized spacial score (nSPS) is 17.9. The lowest BCUT2D eigenvalue weighted by atomic mass is 9.96. The molecule has 0 spiro atoms. The van der Waals surface area contributed by atoms with Crippen molar-refractivity contribution in [2.45, 2.75) is 78.2 Å². The number of quaternary nitrogens is 1. The van der Waals surface area contributed by atoms with Crippen LogP contribution in [0.4, 0.5) is 0 Å². The molecule has 2 unspecified atom stereocenters. The van der Waals surface area contributed by atoms with Crippen LogP contribution in [0.2, 0.25) is 0 Å². The summed E-state index contributed by atoms with van der Waals surface area (Å²) >= 11 is 0. The number of unbranched alkanes of at least 4 members (excludes halogenated alkanes) is 5. The smallest absolute Gasteiger partial charge is 0.159 e. The molecule has 2 atom stereocenters. The predicted octanol–water partition coefficient (Wildman–Crippen LogP) is 4.14. The predicted molar refractivity (Wildman–Crippen MR) is 92.0 cm³/mol. The Bertz CT molecular complexity index is 564. The molecule has 0 aliphatic carbocycles. The van der Waals surface area contributed by atoms with Crippen LogP contribution in [0.15, 0.2) is 34.5 Å². The van der Waals surface area contributed by atoms with Gasteiger partial charge in [0.1, 0.15) is 0 Å². The van der Waals surface area contributed by atoms with E-state index >= 15 is 0 Å². The summed E-state index contributed by atoms with van der Waals surface area (Å²) in [6.45, 7) is 6.57. The van der Waals surface area contributed by atoms with Crippen molar-refractivity contribution >= 4 is 0 Å². The van der Waals surface area contributed by atoms with Crippen LogP contribution in [0.25, 0.3) is 0 Å². The molecule has 128 valence electrons. The molecular weight excluding hydrogens is 286 g/mol. The average molecular weight is 318 g/mol. The molecule has 0 bridgehead atoms. The highest BCUT2D eigenvalue weighted by Crippen LogP contribution is 2.23. The lowest BCUT2D eigenvalue weighted by Gasteiger charge is -2.23. The minimum absolute atomic E-state index is 0.0162. The van der Waals surface area contributed by atoms with E-state index in [1.165, 1.54) is 44.9 Å². The minimum Gasteiger partial charge on any atom is -0.159 e. The van der Waals surface area contributed by atoms with Crippen LogP contribution >= 0.6 is 0 Å². The van der Waals surface area contributed by atoms with Crippen LogP contribution in [0, 0.1) is 5.92 Å². The van der Waals surface area contributed by atoms with E-state index in [1.54, 1.807) is 0 Å². The zero-order valence-corrected chi connectivity index (χ0v) is 14.9. The number of hydroxylamine groups is 1. The van der Waals surface area contributed by atoms with E-state index < -0.39 is 4.86 Å². The summed E-state index contributed by atoms with van der Waals surface area (Å²) < 4.78 is 0. The molecule has 1 aliphatic heterocycles. The summed E-state index contributed by atoms with van der Waals surface area (Å²) in [5.41, 5.74) is 0. The van der Waals surface area contributed by atoms with Crippen molar-refractivity contribution < 1.29 is 10.1 Å². The van der Waals surface area contributed by atoms with Crippen molar-refractivity contribution in [3.63, 3.8) is 0 Å². The Morgan fingerprint density at radius 3 is 2.13 bits per heavy atom. The van der Waals surface area contributed by atoms with Gasteiger partial charge in [0.05, 0.1) is 4.86 Å². The topological polar surface area (TPSA) is 45.0 Å². The highest BCUT2D eigenvalue weighted by Gasteiger charge is 2.37. The van der Waals surface area contributed by atoms with E-state index in [9.17, 15) is 5.21 Å². The summed E-state index contributed by atoms with van der Waals surface area (Å²) in [6, 6.07) is 7.65. The first-order valence-corrected chi connectivity index (χ1v) is 9.22. The van der Waals surface area contributed by atoms with E-state index in [4.69, 9.17) is 0 Å². The van der Waals surface area contributed by atoms with Gasteiger partial charge in [-0.2, -0.15) is 5.21 Å². The molecule has 4 heteroatoms. The third-order valence-electron chi connectivity index (χ3n) is 4.78. The molecule has 1 aromatic rings. The number of fused-ring (bicyclic) bond motifs is 1. The fourth-order valence-electron chi connectivity index (χ4n) is 3.28. The molecule has 1 aromatic carbocycles. The van der Waals surface area contributed by atoms with Gasteiger partial charge in [-0.25, -0.2) is 0 Å². The van der Waals surface area contributed by atoms with Crippen molar-refractivity contribution in [2.24, 2.45) is 16.1 Å². The van der Waals surface area contributed by atoms with Gasteiger partial charge in [0, 0.05) is 6.42 Å². The molecule has 2 rings (SSSR count). The minimum atomic E-state index is -0.541. The summed E-state index contributed by atoms with van der Waals surface area (Å²) in [6.07, 6.45) is 10.2. The molecule has 0 radical (unpaired) electrons. The molecule has 23 heavy (non-hydrogen) atoms. The zero-order chi connectivity index (χ0) is 16.7. The largest absolute Gasteiger partial charge is 0.171 e. The molecular formula is C19H32N3O+. The second-order valence-corrected chi connectivity index (χ2v) is 7.05. The summed E-state index contributed by atoms with van der Waals surface area (Å²) in [7, 11) is 0. The van der Waals surface area contributed by atoms with Gasteiger partial charge in [-0.3, -0.25) is 0 Å². The Morgan fingerprint density at radius 1 is 0.957 bits per heavy atom. The molecule has 1 N–H and O–H groups in total. The second-order valence-electron chi connectivity index (χ2n) is 7.05. The Hall–Kier alpha value is -1.26. The number of nitrogens with zero attached hydrogens (tertiary/aromatic N) is 3. The molecule has 0 saturated carbocycles. The fraction of sp³-hybridized carbons (Fsp3) is 0.684. The van der Waals surface area contributed by atoms with Gasteiger partial charge in [-0.05, 0) is 35.2 Å². The summed E-state index contributed by atoms with van der Waals surface area (Å²) in [4.78, 5) is -0.541. The summed E-state index contributed by atoms with van der Waals surface area (Å²) in [5, 5.41) is 21.1. The Kier molecular flexibility index (Phi) is 6.72. The average Bonchev–Trinajstić information content (AvgIpc) is 2.88. The molecule has 1 aliphatic rings. The third-order valence-corrected chi connectivity index (χ3v) is 4.78. The number of rotatable bonds is 10. The standard InChI is InChI=1S/C19H32N3O/c1-4-5-6-7-8-9-12-16(2)15-17(3)22(23)20-18-13-10-11-14-19(18)21-22/h10-11,13-14,16-17,23H,4-9,12,15H2,1-3H3/q+1. The first-order valence-electron chi connectivity index (χ1n) is 9.22. The third kappa shape index (κ3) is 5.11. The van der Waals surface area contributed by atoms with Crippen LogP contribution in [-0.2, 0) is 0 Å². The van der Waals surface area contributed by atoms with E-state index in [-0.39, 0.29) is 6.04 Å². The first kappa shape index (κ1) is 18.1. The van der Waals surface area contributed by atoms with Gasteiger partial charge >= 0.3 is 0 Å². The van der Waals surface area contributed by atoms with E-state index in [0.717, 1.165) is 17.1 Å². The van der Waals surface area contributed by atoms with Gasteiger partial charge in [-0.15, -0.1) is 0 Å². The maximum Gasteiger partial charge on any atom is 0.171 e. The van der Waals surface area contributed by atoms with Crippen LogP contribution in [0.1, 0.15) is 72.1 Å². The van der Waals surface area contributed by atoms with E-state index in [0.29, 0.717) is 5.92 Å². The van der Waals surface area contributed by atoms with Crippen LogP contribution in [-0.4, -0.2) is 16.1 Å². The number of hydrogen-bond acceptors (Lipinski definition) is 3. The highest BCUT2D eigenvalue weighted by molar-refractivity contribution is 5.00. The maximum atomic E-state index is 10.7. The molecule has 0 amide bonds. The van der Waals surface area contributed by atoms with Gasteiger partial charge in [-0.1, -0.05) is 70.9 Å². The maximum absolute atomic E-state index is 10.7. The van der Waals surface area contributed by atoms with Crippen molar-refractivity contribution in [1.82, 2.24) is 0 Å². The lowest BCUT2D eigenvalue weighted by molar-refractivity contribution is -1.13. The monoisotopic (exact) mass is 318 g/mol. The SMILES string of the molecule is CCCCCCCCC(C)CC(C)[N+]1(O)N=c2ccccc2=N1. The van der Waals surface area contributed by atoms with Gasteiger partial charge in [0.15, 0.2) is 16.8 Å². The quantitative estimate of drug-likeness (QED) is 0.511. The molecule has 1 heterocycles. The Balaban J connectivity index is 1.78. The Labute approximate surface area is 140 Å². The fourth-order valence-corrected chi connectivity index (χ4v) is 3.28. The zero-order valence-electron chi connectivity index (χ0n) is 14.9. The van der Waals surface area contributed by atoms with Crippen LogP contribution in [0.5, 0.6) is 0 Å². The van der Waals surface area contributed by atoms with Crippen molar-refractivity contribution in [3.05, 3.63) is 35.0 Å². The lowest BCUT2D eigenvalue weighted by Crippen LogP contribution is -2.42. The van der Waals surface area contributed by atoms with Crippen LogP contribution < -0.4 is 10.7 Å². The van der Waals surface area contributed by atoms with E-state index in [1.807, 2.05) is 31.2 Å². The Morgan fingerprint density at radius 2 is 1.52 bits per heavy atom. The van der Waals surface area contributed by atoms with Crippen molar-refractivity contribution in [1.29, 1.82) is 0 Å². The molecule has 0 saturated heterocycles.